The lowest BCUT2D eigenvalue weighted by Gasteiger charge is -2.02. The van der Waals surface area contributed by atoms with E-state index in [-0.39, 0.29) is 18.8 Å². The van der Waals surface area contributed by atoms with Gasteiger partial charge in [-0.3, -0.25) is 9.59 Å². The average molecular weight is 275 g/mol. The summed E-state index contributed by atoms with van der Waals surface area (Å²) in [6.07, 6.45) is 0. The molecule has 0 aliphatic heterocycles. The number of hydrogen-bond donors (Lipinski definition) is 2. The monoisotopic (exact) mass is 275 g/mol. The van der Waals surface area contributed by atoms with E-state index < -0.39 is 11.6 Å². The number of allylic oxidation sites excluding steroid dienone is 1. The Hall–Kier alpha value is -1.56. The molecule has 0 heterocycles. The van der Waals surface area contributed by atoms with E-state index in [1.165, 1.54) is 0 Å². The van der Waals surface area contributed by atoms with Gasteiger partial charge in [0.05, 0.1) is 12.2 Å². The molecule has 0 fully saturated rings. The van der Waals surface area contributed by atoms with Gasteiger partial charge in [-0.05, 0) is 14.1 Å². The first-order valence-electron chi connectivity index (χ1n) is 6.36. The third-order valence-corrected chi connectivity index (χ3v) is 1.14. The van der Waals surface area contributed by atoms with Gasteiger partial charge < -0.3 is 10.6 Å². The van der Waals surface area contributed by atoms with Crippen LogP contribution >= 0.6 is 0 Å². The molecule has 0 aromatic rings. The van der Waals surface area contributed by atoms with Gasteiger partial charge in [-0.25, -0.2) is 0 Å². The Morgan fingerprint density at radius 2 is 1.47 bits per heavy atom. The second kappa shape index (κ2) is 25.3. The highest BCUT2D eigenvalue weighted by Crippen LogP contribution is 1.87. The molecular formula is C13H29N3O3. The van der Waals surface area contributed by atoms with E-state index in [0.29, 0.717) is 0 Å². The largest absolute Gasteiger partial charge is 0.380 e. The molecule has 0 saturated heterocycles. The van der Waals surface area contributed by atoms with Crippen molar-refractivity contribution in [1.29, 1.82) is 0 Å². The fourth-order valence-electron chi connectivity index (χ4n) is 0.545. The average Bonchev–Trinajstić information content (AvgIpc) is 2.43. The molecule has 6 heteroatoms. The summed E-state index contributed by atoms with van der Waals surface area (Å²) < 4.78 is 0. The van der Waals surface area contributed by atoms with Gasteiger partial charge in [-0.15, -0.1) is 0 Å². The molecule has 0 aromatic heterocycles. The summed E-state index contributed by atoms with van der Waals surface area (Å²) in [7, 11) is 3.75. The van der Waals surface area contributed by atoms with Crippen LogP contribution in [0.2, 0.25) is 0 Å². The van der Waals surface area contributed by atoms with Crippen molar-refractivity contribution >= 4 is 11.6 Å². The lowest BCUT2D eigenvalue weighted by Crippen LogP contribution is -2.25. The predicted octanol–water partition coefficient (Wildman–Crippen LogP) is 1.90. The molecule has 0 aliphatic rings. The SMILES string of the molecule is C=C(NCCN=O)C(=O)C(C)=O.CC.CC.CNC. The summed E-state index contributed by atoms with van der Waals surface area (Å²) in [6, 6.07) is 0. The minimum Gasteiger partial charge on any atom is -0.380 e. The summed E-state index contributed by atoms with van der Waals surface area (Å²) in [5.41, 5.74) is 0.00569. The summed E-state index contributed by atoms with van der Waals surface area (Å²) in [4.78, 5) is 30.9. The normalized spacial score (nSPS) is 7.11. The highest BCUT2D eigenvalue weighted by molar-refractivity contribution is 6.42. The van der Waals surface area contributed by atoms with Gasteiger partial charge in [-0.1, -0.05) is 39.5 Å². The first-order chi connectivity index (χ1) is 9.01. The third kappa shape index (κ3) is 26.2. The zero-order valence-electron chi connectivity index (χ0n) is 13.3. The molecule has 6 nitrogen and oxygen atoms in total. The first kappa shape index (κ1) is 26.1. The molecule has 2 N–H and O–H groups in total. The van der Waals surface area contributed by atoms with Gasteiger partial charge in [0.1, 0.15) is 0 Å². The summed E-state index contributed by atoms with van der Waals surface area (Å²) in [5.74, 6) is -1.24. The maximum Gasteiger partial charge on any atom is 0.243 e. The van der Waals surface area contributed by atoms with E-state index in [4.69, 9.17) is 0 Å². The quantitative estimate of drug-likeness (QED) is 0.334. The van der Waals surface area contributed by atoms with Crippen LogP contribution in [0.3, 0.4) is 0 Å². The van der Waals surface area contributed by atoms with Crippen molar-refractivity contribution in [2.45, 2.75) is 34.6 Å². The Morgan fingerprint density at radius 3 is 1.74 bits per heavy atom. The summed E-state index contributed by atoms with van der Waals surface area (Å²) in [6.45, 7) is 12.8. The molecule has 0 radical (unpaired) electrons. The van der Waals surface area contributed by atoms with Crippen molar-refractivity contribution in [3.8, 4) is 0 Å². The highest BCUT2D eigenvalue weighted by Gasteiger charge is 2.10. The number of carbonyl (C=O) groups is 2. The van der Waals surface area contributed by atoms with Crippen molar-refractivity contribution in [1.82, 2.24) is 10.6 Å². The van der Waals surface area contributed by atoms with E-state index in [1.54, 1.807) is 0 Å². The molecule has 114 valence electrons. The maximum atomic E-state index is 10.8. The van der Waals surface area contributed by atoms with E-state index >= 15 is 0 Å². The van der Waals surface area contributed by atoms with Crippen LogP contribution < -0.4 is 10.6 Å². The van der Waals surface area contributed by atoms with Gasteiger partial charge in [0.25, 0.3) is 0 Å². The van der Waals surface area contributed by atoms with Crippen LogP contribution in [-0.2, 0) is 9.59 Å². The molecule has 0 spiro atoms. The summed E-state index contributed by atoms with van der Waals surface area (Å²) >= 11 is 0. The Morgan fingerprint density at radius 1 is 1.11 bits per heavy atom. The topological polar surface area (TPSA) is 87.6 Å². The van der Waals surface area contributed by atoms with E-state index in [9.17, 15) is 14.5 Å². The molecule has 0 amide bonds. The number of carbonyl (C=O) groups excluding carboxylic acids is 2. The maximum absolute atomic E-state index is 10.8. The van der Waals surface area contributed by atoms with Crippen molar-refractivity contribution in [3.63, 3.8) is 0 Å². The lowest BCUT2D eigenvalue weighted by molar-refractivity contribution is -0.133. The third-order valence-electron chi connectivity index (χ3n) is 1.14. The number of nitrogens with one attached hydrogen (secondary N) is 2. The molecule has 0 atom stereocenters. The summed E-state index contributed by atoms with van der Waals surface area (Å²) in [5, 5.41) is 7.82. The smallest absolute Gasteiger partial charge is 0.243 e. The number of nitrogens with zero attached hydrogens (tertiary/aromatic N) is 1. The molecule has 19 heavy (non-hydrogen) atoms. The van der Waals surface area contributed by atoms with Gasteiger partial charge in [0.2, 0.25) is 11.6 Å². The number of ketones is 2. The van der Waals surface area contributed by atoms with Crippen molar-refractivity contribution in [2.75, 3.05) is 27.2 Å². The van der Waals surface area contributed by atoms with Crippen LogP contribution in [-0.4, -0.2) is 38.8 Å². The number of nitroso groups, excluding NO2 is 1. The van der Waals surface area contributed by atoms with Crippen LogP contribution in [0.5, 0.6) is 0 Å². The van der Waals surface area contributed by atoms with Crippen LogP contribution in [0.4, 0.5) is 0 Å². The Bertz CT molecular complexity index is 241. The van der Waals surface area contributed by atoms with Gasteiger partial charge in [0, 0.05) is 13.5 Å². The lowest BCUT2D eigenvalue weighted by atomic mass is 10.2. The second-order valence-corrected chi connectivity index (χ2v) is 2.64. The fourth-order valence-corrected chi connectivity index (χ4v) is 0.545. The molecule has 0 aliphatic carbocycles. The Labute approximate surface area is 117 Å². The second-order valence-electron chi connectivity index (χ2n) is 2.64. The zero-order valence-corrected chi connectivity index (χ0v) is 13.3. The zero-order chi connectivity index (χ0) is 16.3. The number of Topliss-reactive ketones (excluding diaryl/α,β-unsaturated/α-hetero) is 2. The van der Waals surface area contributed by atoms with Crippen LogP contribution in [0.1, 0.15) is 34.6 Å². The predicted molar refractivity (Wildman–Crippen MR) is 81.2 cm³/mol. The van der Waals surface area contributed by atoms with Gasteiger partial charge in [0.15, 0.2) is 0 Å². The fraction of sp³-hybridized carbons (Fsp3) is 0.692. The molecule has 0 aromatic carbocycles. The Balaban J connectivity index is -0.000000136. The number of rotatable bonds is 6. The molecule has 0 rings (SSSR count). The Kier molecular flexibility index (Phi) is 34.8. The first-order valence-corrected chi connectivity index (χ1v) is 6.36. The van der Waals surface area contributed by atoms with Crippen LogP contribution in [0.25, 0.3) is 0 Å². The van der Waals surface area contributed by atoms with Gasteiger partial charge in [-0.2, -0.15) is 4.91 Å². The van der Waals surface area contributed by atoms with Crippen molar-refractivity contribution in [3.05, 3.63) is 17.2 Å². The highest BCUT2D eigenvalue weighted by atomic mass is 16.3. The van der Waals surface area contributed by atoms with E-state index in [2.05, 4.69) is 22.4 Å². The molecule has 0 bridgehead atoms. The van der Waals surface area contributed by atoms with Crippen molar-refractivity contribution in [2.24, 2.45) is 5.18 Å². The minimum absolute atomic E-state index is 0.00569. The minimum atomic E-state index is -0.666. The van der Waals surface area contributed by atoms with E-state index in [1.807, 2.05) is 41.8 Å². The van der Waals surface area contributed by atoms with E-state index in [0.717, 1.165) is 6.92 Å². The number of hydrogen-bond acceptors (Lipinski definition) is 6. The van der Waals surface area contributed by atoms with Crippen LogP contribution in [0, 0.1) is 4.91 Å². The molecule has 0 unspecified atom stereocenters. The van der Waals surface area contributed by atoms with Crippen LogP contribution in [0.15, 0.2) is 17.5 Å². The molecule has 0 saturated carbocycles. The standard InChI is InChI=1S/C7H10N2O3.C2H7N.2C2H6/c1-5(7(11)6(2)10)8-3-4-9-12;1-3-2;2*1-2/h8H,1,3-4H2,2H3;3H,1-2H3;2*1-2H3. The van der Waals surface area contributed by atoms with Gasteiger partial charge >= 0.3 is 0 Å². The van der Waals surface area contributed by atoms with Crippen molar-refractivity contribution < 1.29 is 9.59 Å². The molecular weight excluding hydrogens is 246 g/mol.